The Morgan fingerprint density at radius 1 is 0.318 bits per heavy atom. The first kappa shape index (κ1) is 59.7. The molecule has 0 heterocycles. The number of hydrogen-bond donors (Lipinski definition) is 2. The van der Waals surface area contributed by atoms with E-state index >= 15 is 0 Å². The fourth-order valence-corrected chi connectivity index (χ4v) is 27.2. The Balaban J connectivity index is 0.000000176. The van der Waals surface area contributed by atoms with Crippen molar-refractivity contribution in [1.82, 2.24) is 10.6 Å². The quantitative estimate of drug-likeness (QED) is 0.0355. The summed E-state index contributed by atoms with van der Waals surface area (Å²) < 4.78 is 0. The summed E-state index contributed by atoms with van der Waals surface area (Å²) >= 11 is 0. The summed E-state index contributed by atoms with van der Waals surface area (Å²) in [6.07, 6.45) is 40.2. The highest BCUT2D eigenvalue weighted by Gasteiger charge is 2.55. The van der Waals surface area contributed by atoms with Gasteiger partial charge in [-0.05, 0) is 285 Å². The second kappa shape index (κ2) is 26.6. The Hall–Kier alpha value is -4.56. The van der Waals surface area contributed by atoms with Crippen molar-refractivity contribution in [3.05, 3.63) is 121 Å². The molecule has 0 aromatic heterocycles. The van der Waals surface area contributed by atoms with E-state index in [0.29, 0.717) is 0 Å². The maximum Gasteiger partial charge on any atom is 0.129 e. The van der Waals surface area contributed by atoms with E-state index in [1.165, 1.54) is 193 Å². The molecular formula is C78H102N8P2. The maximum absolute atomic E-state index is 5.60. The number of unbranched alkanes of at least 4 members (excludes halogenated alkanes) is 4. The zero-order chi connectivity index (χ0) is 58.8. The Labute approximate surface area is 531 Å². The molecule has 0 saturated heterocycles. The number of aliphatic imine (C=N–C) groups is 6. The van der Waals surface area contributed by atoms with Gasteiger partial charge in [-0.3, -0.25) is 9.98 Å². The van der Waals surface area contributed by atoms with Crippen LogP contribution in [0.15, 0.2) is 151 Å². The summed E-state index contributed by atoms with van der Waals surface area (Å²) in [7, 11) is -1.52. The number of hydrogen-bond acceptors (Lipinski definition) is 6. The summed E-state index contributed by atoms with van der Waals surface area (Å²) in [5, 5.41) is 14.3. The molecule has 88 heavy (non-hydrogen) atoms. The molecule has 2 N–H and O–H groups in total. The highest BCUT2D eigenvalue weighted by Crippen LogP contribution is 2.60. The molecule has 16 saturated carbocycles. The van der Waals surface area contributed by atoms with Crippen LogP contribution in [0.3, 0.4) is 0 Å². The lowest BCUT2D eigenvalue weighted by molar-refractivity contribution is -0.00987. The molecule has 0 atom stereocenters. The van der Waals surface area contributed by atoms with Gasteiger partial charge in [-0.25, -0.2) is 20.0 Å². The lowest BCUT2D eigenvalue weighted by Gasteiger charge is -2.57. The van der Waals surface area contributed by atoms with E-state index in [9.17, 15) is 0 Å². The summed E-state index contributed by atoms with van der Waals surface area (Å²) in [5.74, 6) is 11.1. The first-order chi connectivity index (χ1) is 43.3. The molecule has 16 fully saturated rings. The number of rotatable bonds is 22. The van der Waals surface area contributed by atoms with Crippen LogP contribution < -0.4 is 31.9 Å². The van der Waals surface area contributed by atoms with Crippen molar-refractivity contribution < 1.29 is 0 Å². The van der Waals surface area contributed by atoms with Crippen molar-refractivity contribution in [3.63, 3.8) is 0 Å². The fourth-order valence-electron chi connectivity index (χ4n) is 22.5. The molecule has 4 aromatic rings. The van der Waals surface area contributed by atoms with Crippen LogP contribution in [0.1, 0.15) is 193 Å². The molecule has 8 nitrogen and oxygen atoms in total. The Morgan fingerprint density at radius 2 is 0.557 bits per heavy atom. The largest absolute Gasteiger partial charge is 0.364 e. The van der Waals surface area contributed by atoms with Crippen LogP contribution in [0.25, 0.3) is 0 Å². The summed E-state index contributed by atoms with van der Waals surface area (Å²) in [6, 6.07) is 51.2. The number of nitrogens with one attached hydrogen (secondary N) is 2. The van der Waals surface area contributed by atoms with Crippen LogP contribution in [0, 0.1) is 71.0 Å². The zero-order valence-corrected chi connectivity index (χ0v) is 54.9. The predicted octanol–water partition coefficient (Wildman–Crippen LogP) is 16.7. The van der Waals surface area contributed by atoms with Gasteiger partial charge in [0, 0.05) is 53.1 Å². The lowest BCUT2D eigenvalue weighted by atomic mass is 9.53. The molecule has 0 radical (unpaired) electrons. The molecular weight excluding hydrogens is 1110 g/mol. The third kappa shape index (κ3) is 13.8. The smallest absolute Gasteiger partial charge is 0.129 e. The van der Waals surface area contributed by atoms with Gasteiger partial charge in [-0.1, -0.05) is 121 Å². The SMILES string of the molecule is C(=NCCCCCN=C=NC12CC3CC(CC(C3)C1)C2)=NC12CC3CC(CC(C3)C1)C2.c1ccc(P(C(=NCCCCCN=C(NC23CC4CC(CC(C4)C2)C3)P(c2ccccc2)c2ccccc2)NC23CC4CC(CC(C4)C2)C3)c2ccccc2)cc1. The van der Waals surface area contributed by atoms with Crippen molar-refractivity contribution in [2.75, 3.05) is 26.2 Å². The van der Waals surface area contributed by atoms with Gasteiger partial charge in [0.15, 0.2) is 0 Å². The standard InChI is InChI=1S/C51H62N4P2.C27H40N4/c1-6-16-44(17-7-1)56(45-18-8-2-9-19-45)48(54-50-32-38-26-39(33-50)28-40(27-38)34-50)52-24-14-5-15-25-53-49(55-51-35-41-29-42(36-51)31-43(30-41)37-51)57(46-20-10-3-11-21-46)47-22-12-4-13-23-47;1(2-4-28-18-30-26-12-20-6-21(13-26)8-22(7-20)14-26)3-5-29-19-31-27-15-23-9-24(16-27)11-25(10-23)17-27/h1-4,6-13,16-23,38-43H,5,14-15,24-37H2,(H,52,54)(H,53,55);20-25H,1-17H2. The fraction of sp³-hybridized carbons (Fsp3) is 0.641. The molecule has 0 amide bonds. The van der Waals surface area contributed by atoms with E-state index < -0.39 is 15.8 Å². The van der Waals surface area contributed by atoms with Crippen LogP contribution in [0.5, 0.6) is 0 Å². The summed E-state index contributed by atoms with van der Waals surface area (Å²) in [5.41, 5.74) is 3.43. The van der Waals surface area contributed by atoms with E-state index in [1.54, 1.807) is 0 Å². The molecule has 10 heteroatoms. The number of amidine groups is 2. The molecule has 0 spiro atoms. The predicted molar refractivity (Wildman–Crippen MR) is 370 cm³/mol. The van der Waals surface area contributed by atoms with Gasteiger partial charge in [-0.2, -0.15) is 0 Å². The van der Waals surface area contributed by atoms with Crippen LogP contribution in [-0.4, -0.2) is 71.5 Å². The highest BCUT2D eigenvalue weighted by atomic mass is 31.1. The summed E-state index contributed by atoms with van der Waals surface area (Å²) in [4.78, 5) is 30.0. The molecule has 16 aliphatic rings. The minimum absolute atomic E-state index is 0.225. The maximum atomic E-state index is 5.60. The van der Waals surface area contributed by atoms with Gasteiger partial charge in [0.05, 0.1) is 23.1 Å². The monoisotopic (exact) mass is 1210 g/mol. The van der Waals surface area contributed by atoms with E-state index in [4.69, 9.17) is 20.0 Å². The van der Waals surface area contributed by atoms with Crippen molar-refractivity contribution in [2.45, 2.75) is 215 Å². The van der Waals surface area contributed by atoms with E-state index in [2.05, 4.69) is 154 Å². The van der Waals surface area contributed by atoms with Crippen molar-refractivity contribution in [3.8, 4) is 0 Å². The van der Waals surface area contributed by atoms with Gasteiger partial charge < -0.3 is 10.6 Å². The number of benzene rings is 4. The second-order valence-electron chi connectivity index (χ2n) is 31.7. The molecule has 4 aromatic carbocycles. The van der Waals surface area contributed by atoms with Gasteiger partial charge >= 0.3 is 0 Å². The van der Waals surface area contributed by atoms with Crippen molar-refractivity contribution >= 4 is 60.2 Å². The van der Waals surface area contributed by atoms with E-state index in [0.717, 1.165) is 129 Å². The molecule has 16 bridgehead atoms. The lowest BCUT2D eigenvalue weighted by Crippen LogP contribution is -2.60. The molecule has 0 unspecified atom stereocenters. The Kier molecular flexibility index (Phi) is 18.0. The molecule has 20 rings (SSSR count). The Morgan fingerprint density at radius 3 is 0.818 bits per heavy atom. The summed E-state index contributed by atoms with van der Waals surface area (Å²) in [6.45, 7) is 3.47. The van der Waals surface area contributed by atoms with E-state index in [-0.39, 0.29) is 22.2 Å². The second-order valence-corrected chi connectivity index (χ2v) is 35.9. The zero-order valence-electron chi connectivity index (χ0n) is 53.1. The average Bonchev–Trinajstić information content (AvgIpc) is 1.43. The topological polar surface area (TPSA) is 98.2 Å². The molecule has 464 valence electrons. The first-order valence-corrected chi connectivity index (χ1v) is 38.7. The van der Waals surface area contributed by atoms with Crippen LogP contribution >= 0.6 is 15.8 Å². The van der Waals surface area contributed by atoms with Gasteiger partial charge in [-0.15, -0.1) is 0 Å². The first-order valence-electron chi connectivity index (χ1n) is 36.0. The Bertz CT molecular complexity index is 2750. The normalized spacial score (nSPS) is 36.4. The molecule has 0 aliphatic heterocycles. The number of nitrogens with zero attached hydrogens (tertiary/aromatic N) is 6. The van der Waals surface area contributed by atoms with E-state index in [1.807, 2.05) is 0 Å². The van der Waals surface area contributed by atoms with Gasteiger partial charge in [0.2, 0.25) is 0 Å². The van der Waals surface area contributed by atoms with Crippen molar-refractivity contribution in [2.24, 2.45) is 101 Å². The van der Waals surface area contributed by atoms with Gasteiger partial charge in [0.25, 0.3) is 0 Å². The minimum Gasteiger partial charge on any atom is -0.364 e. The molecule has 16 aliphatic carbocycles. The average molecular weight is 1210 g/mol. The minimum atomic E-state index is -0.758. The van der Waals surface area contributed by atoms with Crippen molar-refractivity contribution in [1.29, 1.82) is 0 Å². The third-order valence-corrected chi connectivity index (χ3v) is 29.0. The third-order valence-electron chi connectivity index (χ3n) is 24.4. The van der Waals surface area contributed by atoms with Crippen LogP contribution in [0.2, 0.25) is 0 Å². The van der Waals surface area contributed by atoms with Crippen LogP contribution in [0.4, 0.5) is 0 Å². The highest BCUT2D eigenvalue weighted by molar-refractivity contribution is 7.88. The van der Waals surface area contributed by atoms with Gasteiger partial charge in [0.1, 0.15) is 11.2 Å². The van der Waals surface area contributed by atoms with Crippen LogP contribution in [-0.2, 0) is 0 Å².